The third-order valence-corrected chi connectivity index (χ3v) is 2.41. The van der Waals surface area contributed by atoms with Crippen LogP contribution in [0.4, 0.5) is 4.39 Å². The van der Waals surface area contributed by atoms with Crippen molar-refractivity contribution in [1.29, 1.82) is 0 Å². The average molecular weight is 238 g/mol. The number of pyridine rings is 1. The van der Waals surface area contributed by atoms with Crippen LogP contribution < -0.4 is 5.56 Å². The molecular formula is C12H9ClFNO. The molecule has 0 saturated heterocycles. The predicted molar refractivity (Wildman–Crippen MR) is 61.2 cm³/mol. The molecule has 0 amide bonds. The van der Waals surface area contributed by atoms with Crippen molar-refractivity contribution < 1.29 is 4.39 Å². The zero-order valence-corrected chi connectivity index (χ0v) is 9.12. The van der Waals surface area contributed by atoms with Crippen LogP contribution in [-0.2, 0) is 6.54 Å². The van der Waals surface area contributed by atoms with Gasteiger partial charge in [-0.3, -0.25) is 4.79 Å². The Balaban J connectivity index is 2.34. The maximum atomic E-state index is 12.9. The Morgan fingerprint density at radius 2 is 2.06 bits per heavy atom. The number of hydrogen-bond acceptors (Lipinski definition) is 1. The van der Waals surface area contributed by atoms with Crippen molar-refractivity contribution in [2.45, 2.75) is 6.54 Å². The number of halogens is 2. The van der Waals surface area contributed by atoms with Gasteiger partial charge >= 0.3 is 0 Å². The molecule has 0 fully saturated rings. The van der Waals surface area contributed by atoms with Crippen LogP contribution in [0.1, 0.15) is 5.56 Å². The molecule has 1 aromatic heterocycles. The van der Waals surface area contributed by atoms with E-state index in [2.05, 4.69) is 0 Å². The highest BCUT2D eigenvalue weighted by atomic mass is 35.5. The van der Waals surface area contributed by atoms with E-state index in [1.807, 2.05) is 0 Å². The molecule has 0 aliphatic rings. The minimum absolute atomic E-state index is 0.159. The SMILES string of the molecule is O=c1ccc(Cl)cn1Cc1cccc(F)c1. The lowest BCUT2D eigenvalue weighted by Crippen LogP contribution is -2.18. The molecule has 0 saturated carbocycles. The van der Waals surface area contributed by atoms with E-state index in [9.17, 15) is 9.18 Å². The monoisotopic (exact) mass is 237 g/mol. The lowest BCUT2D eigenvalue weighted by Gasteiger charge is -2.05. The van der Waals surface area contributed by atoms with Gasteiger partial charge in [-0.2, -0.15) is 0 Å². The number of hydrogen-bond donors (Lipinski definition) is 0. The van der Waals surface area contributed by atoms with E-state index in [1.165, 1.54) is 35.0 Å². The first-order valence-corrected chi connectivity index (χ1v) is 5.13. The van der Waals surface area contributed by atoms with Gasteiger partial charge in [0.1, 0.15) is 5.82 Å². The van der Waals surface area contributed by atoms with Crippen LogP contribution in [0.2, 0.25) is 5.02 Å². The molecule has 0 aliphatic heterocycles. The van der Waals surface area contributed by atoms with E-state index >= 15 is 0 Å². The van der Waals surface area contributed by atoms with Crippen molar-refractivity contribution in [3.8, 4) is 0 Å². The maximum absolute atomic E-state index is 12.9. The van der Waals surface area contributed by atoms with Gasteiger partial charge in [0.15, 0.2) is 0 Å². The van der Waals surface area contributed by atoms with Crippen LogP contribution in [-0.4, -0.2) is 4.57 Å². The summed E-state index contributed by atoms with van der Waals surface area (Å²) in [5, 5.41) is 0.482. The van der Waals surface area contributed by atoms with E-state index < -0.39 is 0 Å². The number of rotatable bonds is 2. The highest BCUT2D eigenvalue weighted by molar-refractivity contribution is 6.30. The Bertz CT molecular complexity index is 565. The fourth-order valence-electron chi connectivity index (χ4n) is 1.46. The summed E-state index contributed by atoms with van der Waals surface area (Å²) in [5.41, 5.74) is 0.568. The summed E-state index contributed by atoms with van der Waals surface area (Å²) in [5.74, 6) is -0.312. The minimum atomic E-state index is -0.312. The number of nitrogens with zero attached hydrogens (tertiary/aromatic N) is 1. The molecule has 4 heteroatoms. The molecule has 0 radical (unpaired) electrons. The van der Waals surface area contributed by atoms with Gasteiger partial charge in [0, 0.05) is 12.3 Å². The molecule has 82 valence electrons. The Morgan fingerprint density at radius 3 is 2.81 bits per heavy atom. The normalized spacial score (nSPS) is 10.4. The van der Waals surface area contributed by atoms with E-state index in [-0.39, 0.29) is 11.4 Å². The van der Waals surface area contributed by atoms with Crippen LogP contribution in [0.15, 0.2) is 47.4 Å². The molecule has 1 heterocycles. The van der Waals surface area contributed by atoms with Crippen LogP contribution in [0.25, 0.3) is 0 Å². The summed E-state index contributed by atoms with van der Waals surface area (Å²) in [4.78, 5) is 11.5. The Labute approximate surface area is 96.9 Å². The zero-order chi connectivity index (χ0) is 11.5. The summed E-state index contributed by atoms with van der Waals surface area (Å²) in [6, 6.07) is 9.06. The van der Waals surface area contributed by atoms with E-state index in [0.29, 0.717) is 11.6 Å². The second-order valence-corrected chi connectivity index (χ2v) is 3.88. The fraction of sp³-hybridized carbons (Fsp3) is 0.0833. The van der Waals surface area contributed by atoms with Crippen LogP contribution in [0, 0.1) is 5.82 Å². The second-order valence-electron chi connectivity index (χ2n) is 3.44. The van der Waals surface area contributed by atoms with E-state index in [0.717, 1.165) is 5.56 Å². The lowest BCUT2D eigenvalue weighted by molar-refractivity contribution is 0.623. The van der Waals surface area contributed by atoms with Gasteiger partial charge in [-0.25, -0.2) is 4.39 Å². The third kappa shape index (κ3) is 2.49. The van der Waals surface area contributed by atoms with Gasteiger partial charge in [-0.1, -0.05) is 23.7 Å². The first-order chi connectivity index (χ1) is 7.65. The second kappa shape index (κ2) is 4.49. The van der Waals surface area contributed by atoms with Crippen molar-refractivity contribution in [2.24, 2.45) is 0 Å². The molecule has 2 nitrogen and oxygen atoms in total. The van der Waals surface area contributed by atoms with Gasteiger partial charge in [-0.15, -0.1) is 0 Å². The molecule has 0 N–H and O–H groups in total. The van der Waals surface area contributed by atoms with Crippen molar-refractivity contribution >= 4 is 11.6 Å². The van der Waals surface area contributed by atoms with Crippen LogP contribution >= 0.6 is 11.6 Å². The summed E-state index contributed by atoms with van der Waals surface area (Å²) in [6.07, 6.45) is 1.54. The minimum Gasteiger partial charge on any atom is -0.310 e. The molecule has 16 heavy (non-hydrogen) atoms. The number of benzene rings is 1. The zero-order valence-electron chi connectivity index (χ0n) is 8.36. The van der Waals surface area contributed by atoms with Crippen molar-refractivity contribution in [3.63, 3.8) is 0 Å². The molecule has 1 aromatic carbocycles. The summed E-state index contributed by atoms with van der Waals surface area (Å²) >= 11 is 5.78. The summed E-state index contributed by atoms with van der Waals surface area (Å²) < 4.78 is 14.4. The molecule has 2 rings (SSSR count). The molecule has 0 bridgehead atoms. The van der Waals surface area contributed by atoms with E-state index in [4.69, 9.17) is 11.6 Å². The molecule has 0 spiro atoms. The van der Waals surface area contributed by atoms with Crippen molar-refractivity contribution in [3.05, 3.63) is 69.4 Å². The average Bonchev–Trinajstić information content (AvgIpc) is 2.24. The van der Waals surface area contributed by atoms with Gasteiger partial charge < -0.3 is 4.57 Å². The Morgan fingerprint density at radius 1 is 1.25 bits per heavy atom. The molecular weight excluding hydrogens is 229 g/mol. The van der Waals surface area contributed by atoms with Gasteiger partial charge in [0.25, 0.3) is 5.56 Å². The van der Waals surface area contributed by atoms with Crippen molar-refractivity contribution in [1.82, 2.24) is 4.57 Å². The van der Waals surface area contributed by atoms with Crippen molar-refractivity contribution in [2.75, 3.05) is 0 Å². The Kier molecular flexibility index (Phi) is 3.06. The smallest absolute Gasteiger partial charge is 0.250 e. The standard InChI is InChI=1S/C12H9ClFNO/c13-10-4-5-12(16)15(8-10)7-9-2-1-3-11(14)6-9/h1-6,8H,7H2. The fourth-order valence-corrected chi connectivity index (χ4v) is 1.64. The molecule has 0 aliphatic carbocycles. The molecule has 0 unspecified atom stereocenters. The first kappa shape index (κ1) is 10.9. The first-order valence-electron chi connectivity index (χ1n) is 4.75. The predicted octanol–water partition coefficient (Wildman–Crippen LogP) is 2.69. The third-order valence-electron chi connectivity index (χ3n) is 2.19. The number of aromatic nitrogens is 1. The van der Waals surface area contributed by atoms with Crippen LogP contribution in [0.5, 0.6) is 0 Å². The van der Waals surface area contributed by atoms with Crippen LogP contribution in [0.3, 0.4) is 0 Å². The highest BCUT2D eigenvalue weighted by Gasteiger charge is 2.00. The van der Waals surface area contributed by atoms with Gasteiger partial charge in [0.2, 0.25) is 0 Å². The molecule has 2 aromatic rings. The highest BCUT2D eigenvalue weighted by Crippen LogP contribution is 2.07. The quantitative estimate of drug-likeness (QED) is 0.787. The molecule has 0 atom stereocenters. The van der Waals surface area contributed by atoms with E-state index in [1.54, 1.807) is 12.1 Å². The topological polar surface area (TPSA) is 22.0 Å². The maximum Gasteiger partial charge on any atom is 0.250 e. The van der Waals surface area contributed by atoms with Gasteiger partial charge in [-0.05, 0) is 23.8 Å². The summed E-state index contributed by atoms with van der Waals surface area (Å²) in [7, 11) is 0. The Hall–Kier alpha value is -1.61. The van der Waals surface area contributed by atoms with Gasteiger partial charge in [0.05, 0.1) is 11.6 Å². The largest absolute Gasteiger partial charge is 0.310 e. The summed E-state index contributed by atoms with van der Waals surface area (Å²) in [6.45, 7) is 0.317. The lowest BCUT2D eigenvalue weighted by atomic mass is 10.2.